The molecule has 6 heteroatoms. The molecule has 0 amide bonds. The molecular weight excluding hydrogens is 456 g/mol. The molecule has 0 saturated carbocycles. The average Bonchev–Trinajstić information content (AvgIpc) is 2.88. The topological polar surface area (TPSA) is 115 Å². The highest BCUT2D eigenvalue weighted by Gasteiger charge is 2.12. The van der Waals surface area contributed by atoms with Crippen molar-refractivity contribution in [2.45, 2.75) is 0 Å². The number of carboxylic acids is 2. The largest absolute Gasteiger partial charge is 0.506 e. The Hall–Kier alpha value is -5.10. The molecule has 6 nitrogen and oxygen atoms in total. The van der Waals surface area contributed by atoms with E-state index in [2.05, 4.69) is 0 Å². The van der Waals surface area contributed by atoms with E-state index in [1.807, 2.05) is 48.5 Å². The number of phenols is 2. The molecule has 0 heterocycles. The van der Waals surface area contributed by atoms with Crippen molar-refractivity contribution in [3.05, 3.63) is 118 Å². The zero-order valence-corrected chi connectivity index (χ0v) is 19.0. The van der Waals surface area contributed by atoms with Crippen molar-refractivity contribution in [1.82, 2.24) is 0 Å². The first kappa shape index (κ1) is 24.0. The molecule has 0 unspecified atom stereocenters. The second-order valence-electron chi connectivity index (χ2n) is 8.01. The normalized spacial score (nSPS) is 11.2. The SMILES string of the molecule is O=C(O)c1cccc(C=Cc2ccc(-c3ccc(C=Cc4cccc(C(=O)O)c4O)cc3)cc2)c1O. The maximum Gasteiger partial charge on any atom is 0.339 e. The fourth-order valence-corrected chi connectivity index (χ4v) is 3.68. The van der Waals surface area contributed by atoms with Crippen LogP contribution in [-0.4, -0.2) is 32.4 Å². The van der Waals surface area contributed by atoms with Gasteiger partial charge in [0.15, 0.2) is 0 Å². The first-order valence-corrected chi connectivity index (χ1v) is 11.0. The molecule has 0 aliphatic carbocycles. The highest BCUT2D eigenvalue weighted by molar-refractivity contribution is 5.93. The average molecular weight is 479 g/mol. The van der Waals surface area contributed by atoms with Gasteiger partial charge in [-0.15, -0.1) is 0 Å². The molecule has 36 heavy (non-hydrogen) atoms. The fraction of sp³-hybridized carbons (Fsp3) is 0. The molecule has 4 rings (SSSR count). The Morgan fingerprint density at radius 3 is 1.19 bits per heavy atom. The van der Waals surface area contributed by atoms with Crippen molar-refractivity contribution in [2.75, 3.05) is 0 Å². The summed E-state index contributed by atoms with van der Waals surface area (Å²) >= 11 is 0. The lowest BCUT2D eigenvalue weighted by Gasteiger charge is -2.05. The van der Waals surface area contributed by atoms with Gasteiger partial charge in [-0.05, 0) is 34.4 Å². The number of aromatic carboxylic acids is 2. The molecule has 4 N–H and O–H groups in total. The fourth-order valence-electron chi connectivity index (χ4n) is 3.68. The summed E-state index contributed by atoms with van der Waals surface area (Å²) in [5, 5.41) is 38.5. The zero-order chi connectivity index (χ0) is 25.7. The maximum atomic E-state index is 11.2. The summed E-state index contributed by atoms with van der Waals surface area (Å²) in [4.78, 5) is 22.3. The highest BCUT2D eigenvalue weighted by atomic mass is 16.4. The van der Waals surface area contributed by atoms with E-state index in [0.29, 0.717) is 11.1 Å². The Labute approximate surface area is 207 Å². The number of benzene rings is 4. The summed E-state index contributed by atoms with van der Waals surface area (Å²) in [6.07, 6.45) is 6.93. The van der Waals surface area contributed by atoms with Crippen LogP contribution in [0.2, 0.25) is 0 Å². The van der Waals surface area contributed by atoms with Crippen molar-refractivity contribution in [2.24, 2.45) is 0 Å². The Bertz CT molecular complexity index is 1360. The van der Waals surface area contributed by atoms with Gasteiger partial charge in [-0.2, -0.15) is 0 Å². The van der Waals surface area contributed by atoms with Crippen LogP contribution in [-0.2, 0) is 0 Å². The van der Waals surface area contributed by atoms with Crippen LogP contribution in [0.3, 0.4) is 0 Å². The lowest BCUT2D eigenvalue weighted by Crippen LogP contribution is -1.97. The molecule has 0 aliphatic heterocycles. The van der Waals surface area contributed by atoms with Gasteiger partial charge < -0.3 is 20.4 Å². The number of hydrogen-bond acceptors (Lipinski definition) is 4. The van der Waals surface area contributed by atoms with Gasteiger partial charge in [-0.1, -0.05) is 97.1 Å². The van der Waals surface area contributed by atoms with Crippen molar-refractivity contribution < 1.29 is 30.0 Å². The predicted octanol–water partition coefficient (Wildman–Crippen LogP) is 6.50. The molecular formula is C30H22O6. The van der Waals surface area contributed by atoms with Gasteiger partial charge in [0.2, 0.25) is 0 Å². The van der Waals surface area contributed by atoms with Crippen LogP contribution in [0.5, 0.6) is 11.5 Å². The molecule has 0 aliphatic rings. The van der Waals surface area contributed by atoms with Gasteiger partial charge in [-0.3, -0.25) is 0 Å². The number of carbonyl (C=O) groups is 2. The summed E-state index contributed by atoms with van der Waals surface area (Å²) in [6, 6.07) is 24.7. The Morgan fingerprint density at radius 1 is 0.500 bits per heavy atom. The van der Waals surface area contributed by atoms with E-state index in [1.54, 1.807) is 48.6 Å². The molecule has 0 fully saturated rings. The molecule has 4 aromatic carbocycles. The van der Waals surface area contributed by atoms with Gasteiger partial charge >= 0.3 is 11.9 Å². The quantitative estimate of drug-likeness (QED) is 0.225. The van der Waals surface area contributed by atoms with E-state index in [-0.39, 0.29) is 22.6 Å². The summed E-state index contributed by atoms with van der Waals surface area (Å²) in [6.45, 7) is 0. The second kappa shape index (κ2) is 10.4. The van der Waals surface area contributed by atoms with Crippen LogP contribution >= 0.6 is 0 Å². The van der Waals surface area contributed by atoms with E-state index in [4.69, 9.17) is 10.2 Å². The van der Waals surface area contributed by atoms with Gasteiger partial charge in [0, 0.05) is 11.1 Å². The molecule has 0 saturated heterocycles. The predicted molar refractivity (Wildman–Crippen MR) is 140 cm³/mol. The van der Waals surface area contributed by atoms with E-state index < -0.39 is 11.9 Å². The third-order valence-electron chi connectivity index (χ3n) is 5.66. The number of rotatable bonds is 7. The lowest BCUT2D eigenvalue weighted by atomic mass is 10.0. The summed E-state index contributed by atoms with van der Waals surface area (Å²) in [5.74, 6) is -2.90. The molecule has 0 atom stereocenters. The van der Waals surface area contributed by atoms with E-state index in [1.165, 1.54) is 12.1 Å². The van der Waals surface area contributed by atoms with E-state index in [9.17, 15) is 19.8 Å². The van der Waals surface area contributed by atoms with Gasteiger partial charge in [0.05, 0.1) is 0 Å². The Balaban J connectivity index is 1.47. The van der Waals surface area contributed by atoms with Crippen molar-refractivity contribution >= 4 is 36.2 Å². The van der Waals surface area contributed by atoms with Crippen molar-refractivity contribution in [1.29, 1.82) is 0 Å². The van der Waals surface area contributed by atoms with Crippen LogP contribution in [0.4, 0.5) is 0 Å². The number of hydrogen-bond donors (Lipinski definition) is 4. The Morgan fingerprint density at radius 2 is 0.861 bits per heavy atom. The minimum Gasteiger partial charge on any atom is -0.506 e. The molecule has 0 spiro atoms. The van der Waals surface area contributed by atoms with Crippen LogP contribution in [0, 0.1) is 0 Å². The molecule has 0 aromatic heterocycles. The number of aromatic hydroxyl groups is 2. The number of para-hydroxylation sites is 2. The van der Waals surface area contributed by atoms with Crippen molar-refractivity contribution in [3.8, 4) is 22.6 Å². The van der Waals surface area contributed by atoms with E-state index >= 15 is 0 Å². The first-order valence-electron chi connectivity index (χ1n) is 11.0. The summed E-state index contributed by atoms with van der Waals surface area (Å²) < 4.78 is 0. The molecule has 0 radical (unpaired) electrons. The standard InChI is InChI=1S/C30H22O6/c31-27-23(3-1-5-25(27)29(33)34)17-11-19-7-13-21(14-8-19)22-15-9-20(10-16-22)12-18-24-4-2-6-26(28(24)32)30(35)36/h1-18,31-32H,(H,33,34)(H,35,36). The van der Waals surface area contributed by atoms with Crippen LogP contribution in [0.15, 0.2) is 84.9 Å². The zero-order valence-electron chi connectivity index (χ0n) is 19.0. The van der Waals surface area contributed by atoms with Crippen LogP contribution in [0.1, 0.15) is 43.0 Å². The molecule has 178 valence electrons. The minimum absolute atomic E-state index is 0.142. The van der Waals surface area contributed by atoms with Crippen molar-refractivity contribution in [3.63, 3.8) is 0 Å². The minimum atomic E-state index is -1.18. The molecule has 4 aromatic rings. The lowest BCUT2D eigenvalue weighted by molar-refractivity contribution is 0.0682. The Kier molecular flexibility index (Phi) is 6.97. The van der Waals surface area contributed by atoms with E-state index in [0.717, 1.165) is 22.3 Å². The molecule has 0 bridgehead atoms. The number of carboxylic acid groups (broad SMARTS) is 2. The summed E-state index contributed by atoms with van der Waals surface area (Å²) in [5.41, 5.74) is 4.35. The third-order valence-corrected chi connectivity index (χ3v) is 5.66. The second-order valence-corrected chi connectivity index (χ2v) is 8.01. The van der Waals surface area contributed by atoms with Crippen LogP contribution in [0.25, 0.3) is 35.4 Å². The highest BCUT2D eigenvalue weighted by Crippen LogP contribution is 2.27. The maximum absolute atomic E-state index is 11.2. The van der Waals surface area contributed by atoms with Gasteiger partial charge in [0.1, 0.15) is 22.6 Å². The van der Waals surface area contributed by atoms with Gasteiger partial charge in [-0.25, -0.2) is 9.59 Å². The van der Waals surface area contributed by atoms with Crippen LogP contribution < -0.4 is 0 Å². The summed E-state index contributed by atoms with van der Waals surface area (Å²) in [7, 11) is 0. The third kappa shape index (κ3) is 5.34. The van der Waals surface area contributed by atoms with Gasteiger partial charge in [0.25, 0.3) is 0 Å². The monoisotopic (exact) mass is 478 g/mol. The first-order chi connectivity index (χ1) is 17.3. The smallest absolute Gasteiger partial charge is 0.339 e.